The summed E-state index contributed by atoms with van der Waals surface area (Å²) in [4.78, 5) is 41.9. The highest BCUT2D eigenvalue weighted by Crippen LogP contribution is 2.63. The molecule has 0 spiro atoms. The Morgan fingerprint density at radius 2 is 1.50 bits per heavy atom. The summed E-state index contributed by atoms with van der Waals surface area (Å²) in [6, 6.07) is 20.5. The number of fused-ring (bicyclic) bond motifs is 1. The number of ether oxygens (including phenoxy) is 2. The Morgan fingerprint density at radius 1 is 0.844 bits per heavy atom. The quantitative estimate of drug-likeness (QED) is 0.468. The highest BCUT2D eigenvalue weighted by Gasteiger charge is 2.68. The summed E-state index contributed by atoms with van der Waals surface area (Å²) in [5.41, 5.74) is 2.81. The van der Waals surface area contributed by atoms with Gasteiger partial charge >= 0.3 is 0 Å². The van der Waals surface area contributed by atoms with Crippen LogP contribution < -0.4 is 14.4 Å². The number of imide groups is 1. The minimum absolute atomic E-state index is 0.104. The van der Waals surface area contributed by atoms with E-state index in [1.54, 1.807) is 18.2 Å². The summed E-state index contributed by atoms with van der Waals surface area (Å²) in [7, 11) is 0. The van der Waals surface area contributed by atoms with Crippen LogP contribution in [0.3, 0.4) is 0 Å². The number of rotatable bonds is 2. The number of nitrogens with zero attached hydrogens (tertiary/aromatic N) is 1. The van der Waals surface area contributed by atoms with Crippen LogP contribution in [0.4, 0.5) is 5.69 Å². The van der Waals surface area contributed by atoms with Gasteiger partial charge in [0.05, 0.1) is 22.9 Å². The average Bonchev–Trinajstić information content (AvgIpc) is 3.41. The Bertz CT molecular complexity index is 1310. The van der Waals surface area contributed by atoms with Gasteiger partial charge in [-0.2, -0.15) is 0 Å². The topological polar surface area (TPSA) is 72.9 Å². The molecule has 6 nitrogen and oxygen atoms in total. The third-order valence-electron chi connectivity index (χ3n) is 7.48. The van der Waals surface area contributed by atoms with Crippen molar-refractivity contribution in [3.05, 3.63) is 89.0 Å². The van der Waals surface area contributed by atoms with Gasteiger partial charge in [-0.05, 0) is 34.4 Å². The number of benzene rings is 3. The predicted molar refractivity (Wildman–Crippen MR) is 114 cm³/mol. The zero-order valence-electron chi connectivity index (χ0n) is 16.9. The van der Waals surface area contributed by atoms with E-state index in [1.807, 2.05) is 48.5 Å². The molecule has 156 valence electrons. The van der Waals surface area contributed by atoms with E-state index in [1.165, 1.54) is 4.90 Å². The number of anilines is 1. The molecular weight excluding hydrogens is 406 g/mol. The average molecular weight is 423 g/mol. The summed E-state index contributed by atoms with van der Waals surface area (Å²) in [5.74, 6) is -1.24. The zero-order valence-corrected chi connectivity index (χ0v) is 16.9. The largest absolute Gasteiger partial charge is 0.454 e. The van der Waals surface area contributed by atoms with E-state index in [9.17, 15) is 14.4 Å². The van der Waals surface area contributed by atoms with Crippen molar-refractivity contribution in [3.8, 4) is 11.5 Å². The molecule has 0 saturated carbocycles. The SMILES string of the molecule is O=CC12c3ccccc3C(c3ccccc31)[C@H]1C(=O)N(c3ccc4c(c3)OCO4)C(=O)[C@H]12. The fraction of sp³-hybridized carbons (Fsp3) is 0.192. The number of carbonyl (C=O) groups excluding carboxylic acids is 3. The van der Waals surface area contributed by atoms with Crippen LogP contribution in [0.1, 0.15) is 28.2 Å². The van der Waals surface area contributed by atoms with E-state index in [4.69, 9.17) is 9.47 Å². The molecule has 32 heavy (non-hydrogen) atoms. The molecule has 2 atom stereocenters. The van der Waals surface area contributed by atoms with E-state index in [0.29, 0.717) is 17.2 Å². The molecule has 6 heteroatoms. The molecule has 5 aliphatic rings. The molecule has 2 bridgehead atoms. The van der Waals surface area contributed by atoms with Gasteiger partial charge in [0.15, 0.2) is 11.5 Å². The zero-order chi connectivity index (χ0) is 21.6. The Labute approximate surface area is 183 Å². The van der Waals surface area contributed by atoms with Gasteiger partial charge in [-0.3, -0.25) is 9.59 Å². The number of hydrogen-bond donors (Lipinski definition) is 0. The number of hydrogen-bond acceptors (Lipinski definition) is 5. The van der Waals surface area contributed by atoms with E-state index >= 15 is 0 Å². The van der Waals surface area contributed by atoms with Crippen molar-refractivity contribution in [1.29, 1.82) is 0 Å². The van der Waals surface area contributed by atoms with Crippen LogP contribution in [0.5, 0.6) is 11.5 Å². The summed E-state index contributed by atoms with van der Waals surface area (Å²) in [6.45, 7) is 0.104. The molecule has 1 fully saturated rings. The van der Waals surface area contributed by atoms with Crippen molar-refractivity contribution < 1.29 is 23.9 Å². The second-order valence-corrected chi connectivity index (χ2v) is 8.69. The number of carbonyl (C=O) groups is 3. The summed E-state index contributed by atoms with van der Waals surface area (Å²) < 4.78 is 10.8. The molecule has 2 aliphatic heterocycles. The van der Waals surface area contributed by atoms with Gasteiger partial charge in [-0.15, -0.1) is 0 Å². The van der Waals surface area contributed by atoms with Gasteiger partial charge < -0.3 is 14.3 Å². The smallest absolute Gasteiger partial charge is 0.239 e. The van der Waals surface area contributed by atoms with Crippen LogP contribution in [0.25, 0.3) is 0 Å². The third-order valence-corrected chi connectivity index (χ3v) is 7.48. The van der Waals surface area contributed by atoms with Gasteiger partial charge in [0.2, 0.25) is 18.6 Å². The maximum atomic E-state index is 13.9. The van der Waals surface area contributed by atoms with Gasteiger partial charge in [0, 0.05) is 12.0 Å². The maximum Gasteiger partial charge on any atom is 0.239 e. The summed E-state index contributed by atoms with van der Waals surface area (Å²) in [5, 5.41) is 0. The molecule has 1 saturated heterocycles. The normalized spacial score (nSPS) is 28.4. The molecule has 3 aromatic carbocycles. The summed E-state index contributed by atoms with van der Waals surface area (Å²) in [6.07, 6.45) is 0.881. The van der Waals surface area contributed by atoms with Crippen LogP contribution in [0.15, 0.2) is 66.7 Å². The van der Waals surface area contributed by atoms with Crippen molar-refractivity contribution in [3.63, 3.8) is 0 Å². The minimum Gasteiger partial charge on any atom is -0.454 e. The molecule has 3 aromatic rings. The maximum absolute atomic E-state index is 13.9. The van der Waals surface area contributed by atoms with Gasteiger partial charge in [0.25, 0.3) is 0 Å². The molecule has 0 aromatic heterocycles. The second-order valence-electron chi connectivity index (χ2n) is 8.69. The van der Waals surface area contributed by atoms with E-state index in [0.717, 1.165) is 28.5 Å². The number of aldehydes is 1. The fourth-order valence-electron chi connectivity index (χ4n) is 6.31. The first kappa shape index (κ1) is 17.7. The Kier molecular flexibility index (Phi) is 3.24. The van der Waals surface area contributed by atoms with E-state index < -0.39 is 17.3 Å². The lowest BCUT2D eigenvalue weighted by molar-refractivity contribution is -0.128. The molecule has 2 heterocycles. The Hall–Kier alpha value is -3.93. The third kappa shape index (κ3) is 1.85. The Balaban J connectivity index is 1.48. The monoisotopic (exact) mass is 423 g/mol. The van der Waals surface area contributed by atoms with Crippen molar-refractivity contribution in [1.82, 2.24) is 0 Å². The minimum atomic E-state index is -1.19. The molecule has 0 radical (unpaired) electrons. The van der Waals surface area contributed by atoms with Crippen LogP contribution >= 0.6 is 0 Å². The van der Waals surface area contributed by atoms with Crippen LogP contribution in [0, 0.1) is 11.8 Å². The molecule has 2 amide bonds. The van der Waals surface area contributed by atoms with Gasteiger partial charge in [0.1, 0.15) is 6.29 Å². The lowest BCUT2D eigenvalue weighted by Crippen LogP contribution is -2.54. The fourth-order valence-corrected chi connectivity index (χ4v) is 6.31. The lowest BCUT2D eigenvalue weighted by Gasteiger charge is -2.51. The van der Waals surface area contributed by atoms with Crippen LogP contribution in [-0.4, -0.2) is 24.9 Å². The van der Waals surface area contributed by atoms with Crippen molar-refractivity contribution in [2.75, 3.05) is 11.7 Å². The van der Waals surface area contributed by atoms with E-state index in [2.05, 4.69) is 0 Å². The van der Waals surface area contributed by atoms with Crippen molar-refractivity contribution >= 4 is 23.8 Å². The van der Waals surface area contributed by atoms with Crippen molar-refractivity contribution in [2.45, 2.75) is 11.3 Å². The Morgan fingerprint density at radius 3 is 2.19 bits per heavy atom. The van der Waals surface area contributed by atoms with Gasteiger partial charge in [-0.25, -0.2) is 4.90 Å². The first-order valence-corrected chi connectivity index (χ1v) is 10.6. The predicted octanol–water partition coefficient (Wildman–Crippen LogP) is 3.17. The second kappa shape index (κ2) is 5.85. The lowest BCUT2D eigenvalue weighted by atomic mass is 9.48. The first-order valence-electron chi connectivity index (χ1n) is 10.6. The first-order chi connectivity index (χ1) is 15.7. The molecule has 0 N–H and O–H groups in total. The number of amides is 2. The molecular formula is C26H17NO5. The molecule has 8 rings (SSSR count). The van der Waals surface area contributed by atoms with Crippen LogP contribution in [0.2, 0.25) is 0 Å². The highest BCUT2D eigenvalue weighted by molar-refractivity contribution is 6.25. The highest BCUT2D eigenvalue weighted by atomic mass is 16.7. The summed E-state index contributed by atoms with van der Waals surface area (Å²) >= 11 is 0. The molecule has 3 aliphatic carbocycles. The van der Waals surface area contributed by atoms with Crippen LogP contribution in [-0.2, 0) is 19.8 Å². The van der Waals surface area contributed by atoms with Gasteiger partial charge in [-0.1, -0.05) is 48.5 Å². The van der Waals surface area contributed by atoms with E-state index in [-0.39, 0.29) is 24.5 Å². The molecule has 0 unspecified atom stereocenters. The van der Waals surface area contributed by atoms with Crippen molar-refractivity contribution in [2.24, 2.45) is 11.8 Å². The standard InChI is InChI=1S/C26H17NO5/c28-12-26-17-7-3-1-5-15(17)21(16-6-2-4-8-18(16)26)22-23(26)25(30)27(24(22)29)14-9-10-19-20(11-14)32-13-31-19/h1-12,21-23H,13H2/t21?,22-,23+,26?/m1/s1.